The quantitative estimate of drug-likeness (QED) is 0.467. The molecule has 4 rings (SSSR count). The minimum absolute atomic E-state index is 1.51. The Hall–Kier alpha value is -0.770. The average Bonchev–Trinajstić information content (AvgIpc) is 3.32. The Labute approximate surface area is 140 Å². The molecule has 0 aromatic carbocycles. The summed E-state index contributed by atoms with van der Waals surface area (Å²) in [4.78, 5) is 0. The summed E-state index contributed by atoms with van der Waals surface area (Å²) in [6.07, 6.45) is 0. The molecule has 0 atom stereocenters. The van der Waals surface area contributed by atoms with Gasteiger partial charge in [0, 0.05) is 0 Å². The molecule has 0 bridgehead atoms. The summed E-state index contributed by atoms with van der Waals surface area (Å²) in [5, 5.41) is 8.83. The molecule has 0 amide bonds. The van der Waals surface area contributed by atoms with Crippen molar-refractivity contribution in [1.29, 1.82) is 0 Å². The molecule has 0 saturated heterocycles. The topological polar surface area (TPSA) is 0 Å². The Bertz CT molecular complexity index is 638. The molecular weight excluding hydrogens is 351 g/mol. The van der Waals surface area contributed by atoms with Gasteiger partial charge in [0.1, 0.15) is 0 Å². The molecule has 0 aliphatic rings. The lowest BCUT2D eigenvalue weighted by molar-refractivity contribution is 2.01. The molecule has 0 nitrogen and oxygen atoms in total. The monoisotopic (exact) mass is 363 g/mol. The third-order valence-corrected chi connectivity index (χ3v) is 13.8. The van der Waals surface area contributed by atoms with Gasteiger partial charge in [0.2, 0.25) is 0 Å². The van der Waals surface area contributed by atoms with Crippen LogP contribution >= 0.6 is 52.6 Å². The van der Waals surface area contributed by atoms with E-state index in [1.807, 2.05) is 45.3 Å². The minimum Gasteiger partial charge on any atom is -0.106 e. The molecule has 0 unspecified atom stereocenters. The lowest BCUT2D eigenvalue weighted by atomic mass is 10.7. The predicted octanol–water partition coefficient (Wildman–Crippen LogP) is 4.55. The fourth-order valence-electron chi connectivity index (χ4n) is 2.49. The average molecular weight is 364 g/mol. The molecular formula is C16H12PS4+. The van der Waals surface area contributed by atoms with Crippen molar-refractivity contribution in [2.24, 2.45) is 0 Å². The van der Waals surface area contributed by atoms with Gasteiger partial charge in [0.25, 0.3) is 0 Å². The highest BCUT2D eigenvalue weighted by Gasteiger charge is 2.51. The maximum Gasteiger partial charge on any atom is 0.186 e. The van der Waals surface area contributed by atoms with E-state index in [2.05, 4.69) is 70.1 Å². The summed E-state index contributed by atoms with van der Waals surface area (Å²) in [7, 11) is -1.64. The van der Waals surface area contributed by atoms with E-state index in [9.17, 15) is 0 Å². The van der Waals surface area contributed by atoms with Gasteiger partial charge in [0.05, 0.1) is 0 Å². The van der Waals surface area contributed by atoms with Crippen molar-refractivity contribution in [2.45, 2.75) is 0 Å². The van der Waals surface area contributed by atoms with Crippen LogP contribution in [-0.4, -0.2) is 0 Å². The molecule has 4 aromatic rings. The third kappa shape index (κ3) is 2.18. The Morgan fingerprint density at radius 1 is 0.476 bits per heavy atom. The smallest absolute Gasteiger partial charge is 0.106 e. The number of rotatable bonds is 4. The van der Waals surface area contributed by atoms with Crippen LogP contribution in [0.2, 0.25) is 0 Å². The van der Waals surface area contributed by atoms with Crippen LogP contribution in [0.15, 0.2) is 70.1 Å². The molecule has 5 heteroatoms. The molecule has 0 aliphatic heterocycles. The second-order valence-electron chi connectivity index (χ2n) is 4.48. The van der Waals surface area contributed by atoms with Crippen molar-refractivity contribution in [3.63, 3.8) is 0 Å². The molecule has 0 radical (unpaired) electrons. The van der Waals surface area contributed by atoms with Gasteiger partial charge >= 0.3 is 0 Å². The Kier molecular flexibility index (Phi) is 3.82. The normalized spacial score (nSPS) is 11.8. The Balaban J connectivity index is 2.10. The molecule has 0 fully saturated rings. The summed E-state index contributed by atoms with van der Waals surface area (Å²) in [6.45, 7) is 0. The van der Waals surface area contributed by atoms with Gasteiger partial charge in [-0.25, -0.2) is 0 Å². The third-order valence-electron chi connectivity index (χ3n) is 3.35. The molecule has 0 aliphatic carbocycles. The van der Waals surface area contributed by atoms with Gasteiger partial charge in [0.15, 0.2) is 25.7 Å². The van der Waals surface area contributed by atoms with E-state index in [0.717, 1.165) is 0 Å². The summed E-state index contributed by atoms with van der Waals surface area (Å²) in [6, 6.07) is 18.0. The van der Waals surface area contributed by atoms with E-state index < -0.39 is 7.26 Å². The first-order valence-electron chi connectivity index (χ1n) is 6.48. The second-order valence-corrected chi connectivity index (χ2v) is 12.7. The maximum atomic E-state index is 2.32. The zero-order valence-corrected chi connectivity index (χ0v) is 15.2. The van der Waals surface area contributed by atoms with E-state index >= 15 is 0 Å². The van der Waals surface area contributed by atoms with Gasteiger partial charge in [-0.15, -0.1) is 45.3 Å². The molecule has 0 saturated carbocycles. The summed E-state index contributed by atoms with van der Waals surface area (Å²) in [5.74, 6) is 0. The highest BCUT2D eigenvalue weighted by molar-refractivity contribution is 8.11. The van der Waals surface area contributed by atoms with Gasteiger partial charge in [-0.3, -0.25) is 0 Å². The number of hydrogen-bond acceptors (Lipinski definition) is 4. The molecule has 4 heterocycles. The minimum atomic E-state index is -1.64. The van der Waals surface area contributed by atoms with Crippen LogP contribution in [0.4, 0.5) is 0 Å². The number of thiophene rings is 4. The van der Waals surface area contributed by atoms with Crippen LogP contribution in [0.25, 0.3) is 0 Å². The molecule has 21 heavy (non-hydrogen) atoms. The largest absolute Gasteiger partial charge is 0.186 e. The van der Waals surface area contributed by atoms with Gasteiger partial charge in [-0.05, 0) is 70.1 Å². The summed E-state index contributed by atoms with van der Waals surface area (Å²) >= 11 is 7.58. The van der Waals surface area contributed by atoms with Crippen molar-refractivity contribution in [3.05, 3.63) is 70.1 Å². The zero-order valence-electron chi connectivity index (χ0n) is 11.0. The molecule has 104 valence electrons. The Morgan fingerprint density at radius 3 is 0.952 bits per heavy atom. The fraction of sp³-hybridized carbons (Fsp3) is 0. The van der Waals surface area contributed by atoms with Crippen LogP contribution in [0.3, 0.4) is 0 Å². The van der Waals surface area contributed by atoms with Crippen LogP contribution in [0.1, 0.15) is 0 Å². The molecule has 0 spiro atoms. The summed E-state index contributed by atoms with van der Waals surface area (Å²) in [5.41, 5.74) is 0. The molecule has 0 N–H and O–H groups in total. The first-order chi connectivity index (χ1) is 10.4. The first kappa shape index (κ1) is 13.9. The van der Waals surface area contributed by atoms with E-state index in [4.69, 9.17) is 0 Å². The summed E-state index contributed by atoms with van der Waals surface area (Å²) < 4.78 is 6.04. The molecule has 4 aromatic heterocycles. The van der Waals surface area contributed by atoms with Crippen molar-refractivity contribution in [1.82, 2.24) is 0 Å². The Morgan fingerprint density at radius 2 is 0.762 bits per heavy atom. The van der Waals surface area contributed by atoms with Crippen LogP contribution < -0.4 is 18.5 Å². The van der Waals surface area contributed by atoms with Crippen molar-refractivity contribution in [2.75, 3.05) is 0 Å². The zero-order chi connectivity index (χ0) is 14.1. The van der Waals surface area contributed by atoms with Gasteiger partial charge in [-0.2, -0.15) is 0 Å². The van der Waals surface area contributed by atoms with Crippen LogP contribution in [-0.2, 0) is 0 Å². The van der Waals surface area contributed by atoms with Crippen molar-refractivity contribution < 1.29 is 0 Å². The number of hydrogen-bond donors (Lipinski definition) is 0. The van der Waals surface area contributed by atoms with Gasteiger partial charge < -0.3 is 0 Å². The maximum absolute atomic E-state index is 2.32. The first-order valence-corrected chi connectivity index (χ1v) is 11.8. The van der Waals surface area contributed by atoms with E-state index in [-0.39, 0.29) is 0 Å². The lowest BCUT2D eigenvalue weighted by Gasteiger charge is -2.20. The lowest BCUT2D eigenvalue weighted by Crippen LogP contribution is -2.33. The fourth-order valence-corrected chi connectivity index (χ4v) is 14.7. The SMILES string of the molecule is c1csc([P+](c2cccs2)(c2cccs2)c2cccs2)c1. The predicted molar refractivity (Wildman–Crippen MR) is 103 cm³/mol. The van der Waals surface area contributed by atoms with Crippen molar-refractivity contribution >= 4 is 71.1 Å². The standard InChI is InChI=1S/C16H12PS4/c1-5-13(18-9-1)17(14-6-2-10-19-14,15-7-3-11-20-15)16-8-4-12-21-16/h1-12H/q+1. The highest BCUT2D eigenvalue weighted by atomic mass is 32.1. The van der Waals surface area contributed by atoms with Crippen molar-refractivity contribution in [3.8, 4) is 0 Å². The highest BCUT2D eigenvalue weighted by Crippen LogP contribution is 2.58. The van der Waals surface area contributed by atoms with E-state index in [1.165, 1.54) is 18.5 Å². The van der Waals surface area contributed by atoms with Crippen LogP contribution in [0, 0.1) is 0 Å². The van der Waals surface area contributed by atoms with Gasteiger partial charge in [-0.1, -0.05) is 0 Å². The van der Waals surface area contributed by atoms with E-state index in [0.29, 0.717) is 0 Å². The van der Waals surface area contributed by atoms with E-state index in [1.54, 1.807) is 0 Å². The second kappa shape index (κ2) is 5.79. The van der Waals surface area contributed by atoms with Crippen LogP contribution in [0.5, 0.6) is 0 Å².